The number of carbonyl (C=O) groups is 1. The molecule has 1 fully saturated rings. The second-order valence-electron chi connectivity index (χ2n) is 5.31. The summed E-state index contributed by atoms with van der Waals surface area (Å²) >= 11 is 0. The molecule has 0 spiro atoms. The fourth-order valence-electron chi connectivity index (χ4n) is 2.62. The number of nitrogens with zero attached hydrogens (tertiary/aromatic N) is 2. The topological polar surface area (TPSA) is 43.8 Å². The zero-order valence-electron chi connectivity index (χ0n) is 11.5. The maximum atomic E-state index is 13.6. The smallest absolute Gasteiger partial charge is 0.256 e. The molecule has 0 radical (unpaired) electrons. The van der Waals surface area contributed by atoms with Crippen LogP contribution < -0.4 is 0 Å². The summed E-state index contributed by atoms with van der Waals surface area (Å²) in [6.07, 6.45) is 0. The largest absolute Gasteiger partial charge is 0.396 e. The molecule has 20 heavy (non-hydrogen) atoms. The summed E-state index contributed by atoms with van der Waals surface area (Å²) in [4.78, 5) is 15.7. The van der Waals surface area contributed by atoms with Gasteiger partial charge in [-0.15, -0.1) is 0 Å². The van der Waals surface area contributed by atoms with Crippen molar-refractivity contribution in [1.29, 1.82) is 0 Å². The van der Waals surface area contributed by atoms with Gasteiger partial charge in [0.15, 0.2) is 0 Å². The van der Waals surface area contributed by atoms with Gasteiger partial charge in [-0.25, -0.2) is 8.78 Å². The number of carbonyl (C=O) groups excluding carboxylic acids is 1. The third-order valence-corrected chi connectivity index (χ3v) is 3.75. The second-order valence-corrected chi connectivity index (χ2v) is 5.31. The van der Waals surface area contributed by atoms with E-state index in [4.69, 9.17) is 0 Å². The summed E-state index contributed by atoms with van der Waals surface area (Å²) in [5.74, 6) is -2.09. The van der Waals surface area contributed by atoms with Crippen LogP contribution in [0.15, 0.2) is 18.2 Å². The minimum Gasteiger partial charge on any atom is -0.396 e. The third kappa shape index (κ3) is 2.81. The van der Waals surface area contributed by atoms with Crippen molar-refractivity contribution in [1.82, 2.24) is 9.80 Å². The highest BCUT2D eigenvalue weighted by molar-refractivity contribution is 5.94. The van der Waals surface area contributed by atoms with Crippen LogP contribution in [0.25, 0.3) is 0 Å². The monoisotopic (exact) mass is 284 g/mol. The SMILES string of the molecule is CN(C)[C@@H]1CN(C(=O)c2ccc(F)cc2F)C[C@H]1CO. The molecular weight excluding hydrogens is 266 g/mol. The van der Waals surface area contributed by atoms with Crippen LogP contribution in [0, 0.1) is 17.6 Å². The van der Waals surface area contributed by atoms with Crippen LogP contribution in [-0.2, 0) is 0 Å². The number of likely N-dealkylation sites (tertiary alicyclic amines) is 1. The zero-order valence-corrected chi connectivity index (χ0v) is 11.5. The lowest BCUT2D eigenvalue weighted by atomic mass is 10.0. The molecule has 0 aromatic heterocycles. The minimum absolute atomic E-state index is 0.0292. The van der Waals surface area contributed by atoms with Crippen LogP contribution in [-0.4, -0.2) is 60.6 Å². The molecule has 1 saturated heterocycles. The molecule has 0 unspecified atom stereocenters. The van der Waals surface area contributed by atoms with E-state index in [2.05, 4.69) is 0 Å². The highest BCUT2D eigenvalue weighted by atomic mass is 19.1. The highest BCUT2D eigenvalue weighted by Gasteiger charge is 2.36. The molecule has 0 aliphatic carbocycles. The van der Waals surface area contributed by atoms with E-state index < -0.39 is 17.5 Å². The molecule has 1 heterocycles. The van der Waals surface area contributed by atoms with Gasteiger partial charge in [-0.1, -0.05) is 0 Å². The van der Waals surface area contributed by atoms with E-state index >= 15 is 0 Å². The fourth-order valence-corrected chi connectivity index (χ4v) is 2.62. The van der Waals surface area contributed by atoms with E-state index in [1.165, 1.54) is 4.90 Å². The first-order valence-electron chi connectivity index (χ1n) is 6.45. The first-order valence-corrected chi connectivity index (χ1v) is 6.45. The first kappa shape index (κ1) is 14.9. The van der Waals surface area contributed by atoms with Gasteiger partial charge in [0.25, 0.3) is 5.91 Å². The predicted octanol–water partition coefficient (Wildman–Crippen LogP) is 0.959. The lowest BCUT2D eigenvalue weighted by Gasteiger charge is -2.23. The molecule has 0 saturated carbocycles. The Balaban J connectivity index is 2.18. The van der Waals surface area contributed by atoms with Crippen molar-refractivity contribution in [2.24, 2.45) is 5.92 Å². The Morgan fingerprint density at radius 1 is 1.40 bits per heavy atom. The number of aliphatic hydroxyl groups is 1. The molecule has 0 bridgehead atoms. The average molecular weight is 284 g/mol. The van der Waals surface area contributed by atoms with Gasteiger partial charge < -0.3 is 14.9 Å². The Bertz CT molecular complexity index is 508. The number of benzene rings is 1. The lowest BCUT2D eigenvalue weighted by Crippen LogP contribution is -2.37. The van der Waals surface area contributed by atoms with Gasteiger partial charge in [-0.05, 0) is 26.2 Å². The Labute approximate surface area is 116 Å². The molecule has 6 heteroatoms. The molecule has 1 aromatic carbocycles. The van der Waals surface area contributed by atoms with Gasteiger partial charge >= 0.3 is 0 Å². The fraction of sp³-hybridized carbons (Fsp3) is 0.500. The number of likely N-dealkylation sites (N-methyl/N-ethyl adjacent to an activating group) is 1. The van der Waals surface area contributed by atoms with E-state index in [1.807, 2.05) is 19.0 Å². The number of hydrogen-bond acceptors (Lipinski definition) is 3. The number of rotatable bonds is 3. The van der Waals surface area contributed by atoms with E-state index in [0.717, 1.165) is 12.1 Å². The molecule has 110 valence electrons. The van der Waals surface area contributed by atoms with Crippen molar-refractivity contribution in [3.05, 3.63) is 35.4 Å². The Hall–Kier alpha value is -1.53. The normalized spacial score (nSPS) is 22.6. The van der Waals surface area contributed by atoms with Crippen molar-refractivity contribution in [3.63, 3.8) is 0 Å². The van der Waals surface area contributed by atoms with Crippen LogP contribution in [0.2, 0.25) is 0 Å². The van der Waals surface area contributed by atoms with Crippen molar-refractivity contribution in [2.45, 2.75) is 6.04 Å². The van der Waals surface area contributed by atoms with Crippen LogP contribution in [0.5, 0.6) is 0 Å². The van der Waals surface area contributed by atoms with Gasteiger partial charge in [-0.3, -0.25) is 4.79 Å². The molecule has 4 nitrogen and oxygen atoms in total. The number of amides is 1. The van der Waals surface area contributed by atoms with Crippen molar-refractivity contribution in [2.75, 3.05) is 33.8 Å². The minimum atomic E-state index is -0.858. The third-order valence-electron chi connectivity index (χ3n) is 3.75. The summed E-state index contributed by atoms with van der Waals surface area (Å²) in [6, 6.07) is 2.96. The molecule has 2 rings (SSSR count). The number of hydrogen-bond donors (Lipinski definition) is 1. The molecule has 1 aliphatic heterocycles. The van der Waals surface area contributed by atoms with E-state index in [9.17, 15) is 18.7 Å². The van der Waals surface area contributed by atoms with Crippen LogP contribution in [0.3, 0.4) is 0 Å². The van der Waals surface area contributed by atoms with Crippen LogP contribution in [0.4, 0.5) is 8.78 Å². The molecule has 1 aromatic rings. The standard InChI is InChI=1S/C14H18F2N2O2/c1-17(2)13-7-18(6-9(13)8-19)14(20)11-4-3-10(15)5-12(11)16/h3-5,9,13,19H,6-8H2,1-2H3/t9-,13+/m0/s1. The van der Waals surface area contributed by atoms with Crippen molar-refractivity contribution >= 4 is 5.91 Å². The van der Waals surface area contributed by atoms with Gasteiger partial charge in [0.1, 0.15) is 11.6 Å². The molecule has 1 N–H and O–H groups in total. The number of halogens is 2. The van der Waals surface area contributed by atoms with Gasteiger partial charge in [0, 0.05) is 37.7 Å². The summed E-state index contributed by atoms with van der Waals surface area (Å²) in [5, 5.41) is 9.36. The van der Waals surface area contributed by atoms with Gasteiger partial charge in [-0.2, -0.15) is 0 Å². The molecule has 1 aliphatic rings. The summed E-state index contributed by atoms with van der Waals surface area (Å²) in [7, 11) is 3.75. The first-order chi connectivity index (χ1) is 9.43. The molecule has 1 amide bonds. The number of aliphatic hydroxyl groups excluding tert-OH is 1. The van der Waals surface area contributed by atoms with Crippen LogP contribution >= 0.6 is 0 Å². The summed E-state index contributed by atoms with van der Waals surface area (Å²) < 4.78 is 26.5. The molecule has 2 atom stereocenters. The van der Waals surface area contributed by atoms with Crippen LogP contribution in [0.1, 0.15) is 10.4 Å². The summed E-state index contributed by atoms with van der Waals surface area (Å²) in [6.45, 7) is 0.765. The highest BCUT2D eigenvalue weighted by Crippen LogP contribution is 2.23. The Morgan fingerprint density at radius 2 is 2.10 bits per heavy atom. The Morgan fingerprint density at radius 3 is 2.60 bits per heavy atom. The van der Waals surface area contributed by atoms with Gasteiger partial charge in [0.2, 0.25) is 0 Å². The van der Waals surface area contributed by atoms with Crippen molar-refractivity contribution in [3.8, 4) is 0 Å². The summed E-state index contributed by atoms with van der Waals surface area (Å²) in [5.41, 5.74) is -0.137. The maximum absolute atomic E-state index is 13.6. The lowest BCUT2D eigenvalue weighted by molar-refractivity contribution is 0.0774. The molecular formula is C14H18F2N2O2. The maximum Gasteiger partial charge on any atom is 0.256 e. The second kappa shape index (κ2) is 5.85. The Kier molecular flexibility index (Phi) is 4.35. The average Bonchev–Trinajstić information content (AvgIpc) is 2.82. The van der Waals surface area contributed by atoms with Gasteiger partial charge in [0.05, 0.1) is 5.56 Å². The van der Waals surface area contributed by atoms with E-state index in [1.54, 1.807) is 0 Å². The predicted molar refractivity (Wildman–Crippen MR) is 70.3 cm³/mol. The van der Waals surface area contributed by atoms with E-state index in [0.29, 0.717) is 19.2 Å². The zero-order chi connectivity index (χ0) is 14.9. The van der Waals surface area contributed by atoms with E-state index in [-0.39, 0.29) is 24.1 Å². The quantitative estimate of drug-likeness (QED) is 0.899. The van der Waals surface area contributed by atoms with Crippen molar-refractivity contribution < 1.29 is 18.7 Å².